The van der Waals surface area contributed by atoms with Crippen molar-refractivity contribution in [3.8, 4) is 0 Å². The molecule has 0 aliphatic heterocycles. The Balaban J connectivity index is 2.41. The third kappa shape index (κ3) is 2.73. The Labute approximate surface area is 117 Å². The molecule has 0 saturated heterocycles. The van der Waals surface area contributed by atoms with Gasteiger partial charge in [-0.25, -0.2) is 9.18 Å². The highest BCUT2D eigenvalue weighted by Crippen LogP contribution is 2.22. The lowest BCUT2D eigenvalue weighted by atomic mass is 10.3. The molecule has 0 fully saturated rings. The van der Waals surface area contributed by atoms with Crippen molar-refractivity contribution in [2.45, 2.75) is 5.03 Å². The van der Waals surface area contributed by atoms with E-state index in [0.29, 0.717) is 0 Å². The normalized spacial score (nSPS) is 11.3. The summed E-state index contributed by atoms with van der Waals surface area (Å²) in [5.41, 5.74) is -0.910. The Hall–Kier alpha value is -2.13. The van der Waals surface area contributed by atoms with Crippen molar-refractivity contribution in [2.24, 2.45) is 0 Å². The zero-order valence-electron chi connectivity index (χ0n) is 9.59. The van der Waals surface area contributed by atoms with Gasteiger partial charge in [0.2, 0.25) is 0 Å². The third-order valence-corrected chi connectivity index (χ3v) is 3.85. The molecule has 7 nitrogen and oxygen atoms in total. The van der Waals surface area contributed by atoms with Gasteiger partial charge in [0, 0.05) is 5.02 Å². The Morgan fingerprint density at radius 1 is 1.45 bits per heavy atom. The van der Waals surface area contributed by atoms with Crippen molar-refractivity contribution < 1.29 is 22.7 Å². The van der Waals surface area contributed by atoms with E-state index in [-0.39, 0.29) is 10.7 Å². The number of benzene rings is 1. The Kier molecular flexibility index (Phi) is 3.64. The fourth-order valence-corrected chi connectivity index (χ4v) is 2.72. The smallest absolute Gasteiger partial charge is 0.340 e. The highest BCUT2D eigenvalue weighted by Gasteiger charge is 2.25. The second-order valence-corrected chi connectivity index (χ2v) is 5.70. The maximum atomic E-state index is 13.5. The zero-order chi connectivity index (χ0) is 14.9. The molecule has 2 rings (SSSR count). The van der Waals surface area contributed by atoms with Crippen LogP contribution < -0.4 is 4.72 Å². The van der Waals surface area contributed by atoms with Crippen molar-refractivity contribution in [3.63, 3.8) is 0 Å². The van der Waals surface area contributed by atoms with Gasteiger partial charge in [-0.15, -0.1) is 0 Å². The maximum Gasteiger partial charge on any atom is 0.340 e. The number of carboxylic acids is 1. The number of halogens is 2. The number of carboxylic acid groups (broad SMARTS) is 1. The molecule has 0 aliphatic rings. The fourth-order valence-electron chi connectivity index (χ4n) is 1.40. The van der Waals surface area contributed by atoms with E-state index in [2.05, 4.69) is 5.10 Å². The number of nitrogens with one attached hydrogen (secondary N) is 2. The average Bonchev–Trinajstić information content (AvgIpc) is 2.82. The van der Waals surface area contributed by atoms with Crippen molar-refractivity contribution in [1.29, 1.82) is 0 Å². The number of hydrogen-bond donors (Lipinski definition) is 3. The van der Waals surface area contributed by atoms with Crippen LogP contribution in [0.25, 0.3) is 0 Å². The molecule has 0 saturated carbocycles. The number of aromatic carboxylic acids is 1. The first-order chi connectivity index (χ1) is 9.31. The van der Waals surface area contributed by atoms with Crippen LogP contribution in [-0.4, -0.2) is 29.7 Å². The van der Waals surface area contributed by atoms with E-state index in [1.165, 1.54) is 6.07 Å². The second-order valence-electron chi connectivity index (χ2n) is 3.65. The molecule has 0 aliphatic carbocycles. The van der Waals surface area contributed by atoms with Crippen LogP contribution in [-0.2, 0) is 10.0 Å². The Morgan fingerprint density at radius 2 is 2.15 bits per heavy atom. The van der Waals surface area contributed by atoms with Crippen molar-refractivity contribution in [1.82, 2.24) is 10.2 Å². The lowest BCUT2D eigenvalue weighted by Gasteiger charge is -2.08. The molecule has 0 amide bonds. The van der Waals surface area contributed by atoms with Crippen molar-refractivity contribution in [2.75, 3.05) is 4.72 Å². The first kappa shape index (κ1) is 14.3. The number of aromatic nitrogens is 2. The SMILES string of the molecule is O=C(O)c1cn[nH]c1S(=O)(=O)Nc1ccc(Cl)cc1F. The number of rotatable bonds is 4. The topological polar surface area (TPSA) is 112 Å². The maximum absolute atomic E-state index is 13.5. The van der Waals surface area contributed by atoms with E-state index in [9.17, 15) is 17.6 Å². The highest BCUT2D eigenvalue weighted by molar-refractivity contribution is 7.92. The standard InChI is InChI=1S/C10H7ClFN3O4S/c11-5-1-2-8(7(12)3-5)15-20(18,19)9-6(10(16)17)4-13-14-9/h1-4,15H,(H,13,14)(H,16,17). The first-order valence-electron chi connectivity index (χ1n) is 5.06. The first-order valence-corrected chi connectivity index (χ1v) is 6.92. The van der Waals surface area contributed by atoms with E-state index in [1.54, 1.807) is 0 Å². The van der Waals surface area contributed by atoms with Gasteiger partial charge in [-0.2, -0.15) is 13.5 Å². The van der Waals surface area contributed by atoms with E-state index in [0.717, 1.165) is 18.3 Å². The Bertz CT molecular complexity index is 775. The molecule has 0 radical (unpaired) electrons. The van der Waals surface area contributed by atoms with Gasteiger partial charge in [-0.1, -0.05) is 11.6 Å². The van der Waals surface area contributed by atoms with Crippen LogP contribution in [0.4, 0.5) is 10.1 Å². The van der Waals surface area contributed by atoms with Crippen LogP contribution in [0.15, 0.2) is 29.4 Å². The van der Waals surface area contributed by atoms with Crippen LogP contribution in [0.1, 0.15) is 10.4 Å². The number of H-pyrrole nitrogens is 1. The molecule has 2 aromatic rings. The van der Waals surface area contributed by atoms with Gasteiger partial charge in [0.1, 0.15) is 11.4 Å². The number of sulfonamides is 1. The summed E-state index contributed by atoms with van der Waals surface area (Å²) in [5.74, 6) is -2.37. The van der Waals surface area contributed by atoms with E-state index in [4.69, 9.17) is 16.7 Å². The van der Waals surface area contributed by atoms with Gasteiger partial charge in [0.05, 0.1) is 11.9 Å². The molecule has 0 unspecified atom stereocenters. The number of aromatic amines is 1. The van der Waals surface area contributed by atoms with E-state index < -0.39 is 32.4 Å². The molecule has 0 bridgehead atoms. The average molecular weight is 320 g/mol. The molecule has 1 aromatic heterocycles. The van der Waals surface area contributed by atoms with Gasteiger partial charge in [0.25, 0.3) is 10.0 Å². The van der Waals surface area contributed by atoms with E-state index in [1.807, 2.05) is 9.82 Å². The summed E-state index contributed by atoms with van der Waals surface area (Å²) < 4.78 is 39.4. The molecule has 0 spiro atoms. The molecule has 106 valence electrons. The summed E-state index contributed by atoms with van der Waals surface area (Å²) in [6.07, 6.45) is 0.842. The number of carbonyl (C=O) groups is 1. The van der Waals surface area contributed by atoms with Crippen LogP contribution in [0.3, 0.4) is 0 Å². The molecule has 1 aromatic carbocycles. The predicted octanol–water partition coefficient (Wildman–Crippen LogP) is 1.70. The summed E-state index contributed by atoms with van der Waals surface area (Å²) in [4.78, 5) is 10.8. The third-order valence-electron chi connectivity index (χ3n) is 2.28. The van der Waals surface area contributed by atoms with Gasteiger partial charge in [-0.3, -0.25) is 9.82 Å². The number of hydrogen-bond acceptors (Lipinski definition) is 4. The minimum Gasteiger partial charge on any atom is -0.478 e. The molecular weight excluding hydrogens is 313 g/mol. The lowest BCUT2D eigenvalue weighted by molar-refractivity contribution is 0.0692. The molecule has 10 heteroatoms. The van der Waals surface area contributed by atoms with E-state index >= 15 is 0 Å². The van der Waals surface area contributed by atoms with Crippen LogP contribution >= 0.6 is 11.6 Å². The predicted molar refractivity (Wildman–Crippen MR) is 67.8 cm³/mol. The summed E-state index contributed by atoms with van der Waals surface area (Å²) in [6.45, 7) is 0. The van der Waals surface area contributed by atoms with Crippen LogP contribution in [0, 0.1) is 5.82 Å². The zero-order valence-corrected chi connectivity index (χ0v) is 11.2. The van der Waals surface area contributed by atoms with Crippen molar-refractivity contribution in [3.05, 3.63) is 40.8 Å². The quantitative estimate of drug-likeness (QED) is 0.794. The summed E-state index contributed by atoms with van der Waals surface area (Å²) in [5, 5.41) is 13.7. The molecule has 1 heterocycles. The number of anilines is 1. The summed E-state index contributed by atoms with van der Waals surface area (Å²) in [6, 6.07) is 3.32. The minimum absolute atomic E-state index is 0.0956. The van der Waals surface area contributed by atoms with Gasteiger partial charge in [-0.05, 0) is 18.2 Å². The summed E-state index contributed by atoms with van der Waals surface area (Å²) in [7, 11) is -4.31. The molecule has 0 atom stereocenters. The minimum atomic E-state index is -4.31. The van der Waals surface area contributed by atoms with Crippen LogP contribution in [0.2, 0.25) is 5.02 Å². The fraction of sp³-hybridized carbons (Fsp3) is 0. The largest absolute Gasteiger partial charge is 0.478 e. The van der Waals surface area contributed by atoms with Gasteiger partial charge < -0.3 is 5.11 Å². The van der Waals surface area contributed by atoms with Gasteiger partial charge in [0.15, 0.2) is 5.03 Å². The molecule has 20 heavy (non-hydrogen) atoms. The second kappa shape index (κ2) is 5.10. The van der Waals surface area contributed by atoms with Crippen LogP contribution in [0.5, 0.6) is 0 Å². The molecule has 3 N–H and O–H groups in total. The van der Waals surface area contributed by atoms with Crippen molar-refractivity contribution >= 4 is 33.3 Å². The highest BCUT2D eigenvalue weighted by atomic mass is 35.5. The van der Waals surface area contributed by atoms with Gasteiger partial charge >= 0.3 is 5.97 Å². The number of nitrogens with zero attached hydrogens (tertiary/aromatic N) is 1. The Morgan fingerprint density at radius 3 is 2.75 bits per heavy atom. The lowest BCUT2D eigenvalue weighted by Crippen LogP contribution is -2.17. The summed E-state index contributed by atoms with van der Waals surface area (Å²) >= 11 is 5.54. The monoisotopic (exact) mass is 319 g/mol. The molecular formula is C10H7ClFN3O4S.